The number of methoxy groups -OCH3 is 1. The van der Waals surface area contributed by atoms with Crippen molar-refractivity contribution in [1.29, 1.82) is 0 Å². The lowest BCUT2D eigenvalue weighted by atomic mass is 10.1. The molecular formula is C21H26BrNO4. The molecule has 1 amide bonds. The summed E-state index contributed by atoms with van der Waals surface area (Å²) in [6.45, 7) is 6.18. The summed E-state index contributed by atoms with van der Waals surface area (Å²) < 4.78 is 17.7. The molecule has 0 aliphatic carbocycles. The number of amides is 1. The van der Waals surface area contributed by atoms with Gasteiger partial charge in [0.2, 0.25) is 5.91 Å². The Kier molecular flexibility index (Phi) is 7.98. The SMILES string of the molecule is COc1cc(C(C)NC(=O)CCOc2cccc(Br)c2)ccc1OC(C)C. The van der Waals surface area contributed by atoms with Gasteiger partial charge in [-0.15, -0.1) is 0 Å². The number of hydrogen-bond donors (Lipinski definition) is 1. The van der Waals surface area contributed by atoms with E-state index in [2.05, 4.69) is 21.2 Å². The highest BCUT2D eigenvalue weighted by Gasteiger charge is 2.14. The van der Waals surface area contributed by atoms with E-state index in [1.807, 2.05) is 63.2 Å². The molecule has 0 fully saturated rings. The van der Waals surface area contributed by atoms with Gasteiger partial charge in [-0.1, -0.05) is 28.1 Å². The number of rotatable bonds is 9. The molecule has 27 heavy (non-hydrogen) atoms. The Morgan fingerprint density at radius 2 is 1.89 bits per heavy atom. The second-order valence-corrected chi connectivity index (χ2v) is 7.34. The van der Waals surface area contributed by atoms with Gasteiger partial charge < -0.3 is 19.5 Å². The van der Waals surface area contributed by atoms with E-state index >= 15 is 0 Å². The monoisotopic (exact) mass is 435 g/mol. The summed E-state index contributed by atoms with van der Waals surface area (Å²) in [6.07, 6.45) is 0.342. The lowest BCUT2D eigenvalue weighted by molar-refractivity contribution is -0.122. The van der Waals surface area contributed by atoms with Crippen LogP contribution in [0.15, 0.2) is 46.9 Å². The van der Waals surface area contributed by atoms with E-state index in [1.54, 1.807) is 7.11 Å². The number of halogens is 1. The molecule has 0 aliphatic rings. The van der Waals surface area contributed by atoms with Gasteiger partial charge in [0.1, 0.15) is 5.75 Å². The molecule has 0 heterocycles. The Morgan fingerprint density at radius 1 is 1.11 bits per heavy atom. The molecule has 2 aromatic rings. The third-order valence-corrected chi connectivity index (χ3v) is 4.32. The van der Waals surface area contributed by atoms with Crippen LogP contribution in [-0.4, -0.2) is 25.7 Å². The van der Waals surface area contributed by atoms with Crippen molar-refractivity contribution in [2.75, 3.05) is 13.7 Å². The van der Waals surface area contributed by atoms with E-state index in [0.717, 1.165) is 15.8 Å². The zero-order valence-corrected chi connectivity index (χ0v) is 17.7. The minimum absolute atomic E-state index is 0.0621. The maximum atomic E-state index is 12.2. The second kappa shape index (κ2) is 10.2. The molecule has 2 aromatic carbocycles. The molecule has 6 heteroatoms. The average Bonchev–Trinajstić information content (AvgIpc) is 2.61. The predicted octanol–water partition coefficient (Wildman–Crippen LogP) is 4.89. The first-order valence-electron chi connectivity index (χ1n) is 8.91. The van der Waals surface area contributed by atoms with Crippen LogP contribution in [0, 0.1) is 0 Å². The number of nitrogens with one attached hydrogen (secondary N) is 1. The Labute approximate surface area is 169 Å². The average molecular weight is 436 g/mol. The van der Waals surface area contributed by atoms with Crippen LogP contribution in [0.25, 0.3) is 0 Å². The number of benzene rings is 2. The first-order valence-corrected chi connectivity index (χ1v) is 9.70. The molecular weight excluding hydrogens is 410 g/mol. The van der Waals surface area contributed by atoms with E-state index < -0.39 is 0 Å². The Morgan fingerprint density at radius 3 is 2.56 bits per heavy atom. The lowest BCUT2D eigenvalue weighted by Gasteiger charge is -2.18. The van der Waals surface area contributed by atoms with Gasteiger partial charge >= 0.3 is 0 Å². The van der Waals surface area contributed by atoms with E-state index in [9.17, 15) is 4.79 Å². The fourth-order valence-corrected chi connectivity index (χ4v) is 2.90. The van der Waals surface area contributed by atoms with Crippen LogP contribution < -0.4 is 19.5 Å². The molecule has 5 nitrogen and oxygen atoms in total. The quantitative estimate of drug-likeness (QED) is 0.608. The molecule has 2 rings (SSSR count). The summed E-state index contributed by atoms with van der Waals surface area (Å²) in [5, 5.41) is 2.98. The Hall–Kier alpha value is -2.21. The number of carbonyl (C=O) groups excluding carboxylic acids is 1. The molecule has 0 spiro atoms. The fraction of sp³-hybridized carbons (Fsp3) is 0.381. The van der Waals surface area contributed by atoms with Crippen molar-refractivity contribution in [2.45, 2.75) is 39.3 Å². The number of carbonyl (C=O) groups is 1. The van der Waals surface area contributed by atoms with Crippen molar-refractivity contribution >= 4 is 21.8 Å². The summed E-state index contributed by atoms with van der Waals surface area (Å²) in [4.78, 5) is 12.2. The number of hydrogen-bond acceptors (Lipinski definition) is 4. The lowest BCUT2D eigenvalue weighted by Crippen LogP contribution is -2.27. The largest absolute Gasteiger partial charge is 0.493 e. The van der Waals surface area contributed by atoms with Gasteiger partial charge in [0.25, 0.3) is 0 Å². The molecule has 1 unspecified atom stereocenters. The van der Waals surface area contributed by atoms with Gasteiger partial charge in [-0.2, -0.15) is 0 Å². The molecule has 0 saturated carbocycles. The zero-order valence-electron chi connectivity index (χ0n) is 16.1. The van der Waals surface area contributed by atoms with Crippen molar-refractivity contribution in [1.82, 2.24) is 5.32 Å². The maximum absolute atomic E-state index is 12.2. The summed E-state index contributed by atoms with van der Waals surface area (Å²) in [5.74, 6) is 2.01. The highest BCUT2D eigenvalue weighted by molar-refractivity contribution is 9.10. The molecule has 0 radical (unpaired) electrons. The van der Waals surface area contributed by atoms with Crippen LogP contribution >= 0.6 is 15.9 Å². The van der Waals surface area contributed by atoms with Crippen LogP contribution in [0.4, 0.5) is 0 Å². The fourth-order valence-electron chi connectivity index (χ4n) is 2.52. The zero-order chi connectivity index (χ0) is 19.8. The standard InChI is InChI=1S/C21H26BrNO4/c1-14(2)27-19-9-8-16(12-20(19)25-4)15(3)23-21(24)10-11-26-18-7-5-6-17(22)13-18/h5-9,12-15H,10-11H2,1-4H3,(H,23,24). The molecule has 0 saturated heterocycles. The molecule has 146 valence electrons. The van der Waals surface area contributed by atoms with Gasteiger partial charge in [-0.25, -0.2) is 0 Å². The van der Waals surface area contributed by atoms with Gasteiger partial charge in [-0.05, 0) is 56.7 Å². The first kappa shape index (κ1) is 21.1. The molecule has 0 aliphatic heterocycles. The predicted molar refractivity (Wildman–Crippen MR) is 110 cm³/mol. The third-order valence-electron chi connectivity index (χ3n) is 3.82. The summed E-state index contributed by atoms with van der Waals surface area (Å²) in [7, 11) is 1.61. The van der Waals surface area contributed by atoms with Crippen molar-refractivity contribution in [3.63, 3.8) is 0 Å². The molecule has 1 N–H and O–H groups in total. The van der Waals surface area contributed by atoms with Crippen LogP contribution in [0.2, 0.25) is 0 Å². The smallest absolute Gasteiger partial charge is 0.223 e. The Bertz CT molecular complexity index is 764. The summed E-state index contributed by atoms with van der Waals surface area (Å²) >= 11 is 3.39. The molecule has 1 atom stereocenters. The minimum Gasteiger partial charge on any atom is -0.493 e. The van der Waals surface area contributed by atoms with E-state index in [1.165, 1.54) is 0 Å². The van der Waals surface area contributed by atoms with Crippen molar-refractivity contribution in [2.24, 2.45) is 0 Å². The first-order chi connectivity index (χ1) is 12.9. The van der Waals surface area contributed by atoms with Crippen LogP contribution in [0.3, 0.4) is 0 Å². The van der Waals surface area contributed by atoms with E-state index in [4.69, 9.17) is 14.2 Å². The normalized spacial score (nSPS) is 11.8. The summed E-state index contributed by atoms with van der Waals surface area (Å²) in [5.41, 5.74) is 0.948. The summed E-state index contributed by atoms with van der Waals surface area (Å²) in [6, 6.07) is 13.1. The van der Waals surface area contributed by atoms with E-state index in [-0.39, 0.29) is 24.5 Å². The van der Waals surface area contributed by atoms with Crippen molar-refractivity contribution in [3.05, 3.63) is 52.5 Å². The van der Waals surface area contributed by atoms with Crippen LogP contribution in [0.5, 0.6) is 17.2 Å². The number of ether oxygens (including phenoxy) is 3. The second-order valence-electron chi connectivity index (χ2n) is 6.42. The van der Waals surface area contributed by atoms with Gasteiger partial charge in [0.05, 0.1) is 32.3 Å². The van der Waals surface area contributed by atoms with Crippen molar-refractivity contribution in [3.8, 4) is 17.2 Å². The minimum atomic E-state index is -0.148. The highest BCUT2D eigenvalue weighted by atomic mass is 79.9. The van der Waals surface area contributed by atoms with Gasteiger partial charge in [-0.3, -0.25) is 4.79 Å². The maximum Gasteiger partial charge on any atom is 0.223 e. The van der Waals surface area contributed by atoms with Gasteiger partial charge in [0, 0.05) is 4.47 Å². The van der Waals surface area contributed by atoms with Gasteiger partial charge in [0.15, 0.2) is 11.5 Å². The topological polar surface area (TPSA) is 56.8 Å². The highest BCUT2D eigenvalue weighted by Crippen LogP contribution is 2.31. The Balaban J connectivity index is 1.88. The van der Waals surface area contributed by atoms with Crippen molar-refractivity contribution < 1.29 is 19.0 Å². The molecule has 0 bridgehead atoms. The van der Waals surface area contributed by atoms with Crippen LogP contribution in [-0.2, 0) is 4.79 Å². The third kappa shape index (κ3) is 6.79. The van der Waals surface area contributed by atoms with E-state index in [0.29, 0.717) is 18.1 Å². The molecule has 0 aromatic heterocycles. The van der Waals surface area contributed by atoms with Crippen LogP contribution in [0.1, 0.15) is 38.8 Å².